The SMILES string of the molecule is Cn1cc(C(=O)N(Cc2cccs2)Cc2cccs2)cn1. The molecular weight excluding hydrogens is 302 g/mol. The summed E-state index contributed by atoms with van der Waals surface area (Å²) < 4.78 is 1.65. The van der Waals surface area contributed by atoms with E-state index in [4.69, 9.17) is 0 Å². The van der Waals surface area contributed by atoms with Gasteiger partial charge in [0.25, 0.3) is 5.91 Å². The smallest absolute Gasteiger partial charge is 0.257 e. The average molecular weight is 317 g/mol. The summed E-state index contributed by atoms with van der Waals surface area (Å²) >= 11 is 3.34. The minimum Gasteiger partial charge on any atom is -0.328 e. The van der Waals surface area contributed by atoms with E-state index in [1.54, 1.807) is 39.7 Å². The molecule has 0 bridgehead atoms. The zero-order chi connectivity index (χ0) is 14.7. The molecule has 0 N–H and O–H groups in total. The molecule has 0 aliphatic rings. The predicted octanol–water partition coefficient (Wildman–Crippen LogP) is 3.39. The molecule has 3 heterocycles. The van der Waals surface area contributed by atoms with Gasteiger partial charge in [-0.2, -0.15) is 5.10 Å². The molecule has 21 heavy (non-hydrogen) atoms. The van der Waals surface area contributed by atoms with Crippen molar-refractivity contribution in [3.63, 3.8) is 0 Å². The van der Waals surface area contributed by atoms with E-state index in [1.807, 2.05) is 34.8 Å². The highest BCUT2D eigenvalue weighted by atomic mass is 32.1. The quantitative estimate of drug-likeness (QED) is 0.723. The van der Waals surface area contributed by atoms with Gasteiger partial charge >= 0.3 is 0 Å². The molecule has 0 fully saturated rings. The molecule has 3 aromatic heterocycles. The second-order valence-electron chi connectivity index (χ2n) is 4.72. The Morgan fingerprint density at radius 1 is 1.19 bits per heavy atom. The van der Waals surface area contributed by atoms with Gasteiger partial charge in [0.1, 0.15) is 0 Å². The van der Waals surface area contributed by atoms with Crippen molar-refractivity contribution < 1.29 is 4.79 Å². The first-order chi connectivity index (χ1) is 10.2. The standard InChI is InChI=1S/C15H15N3OS2/c1-17-9-12(8-16-17)15(19)18(10-13-4-2-6-20-13)11-14-5-3-7-21-14/h2-9H,10-11H2,1H3. The largest absolute Gasteiger partial charge is 0.328 e. The molecule has 3 aromatic rings. The molecular formula is C15H15N3OS2. The summed E-state index contributed by atoms with van der Waals surface area (Å²) in [5.74, 6) is 0.0184. The molecule has 3 rings (SSSR count). The van der Waals surface area contributed by atoms with Crippen LogP contribution in [0.4, 0.5) is 0 Å². The van der Waals surface area contributed by atoms with Crippen molar-refractivity contribution in [3.8, 4) is 0 Å². The molecule has 0 spiro atoms. The van der Waals surface area contributed by atoms with Crippen LogP contribution >= 0.6 is 22.7 Å². The lowest BCUT2D eigenvalue weighted by Gasteiger charge is -2.20. The number of aromatic nitrogens is 2. The zero-order valence-corrected chi connectivity index (χ0v) is 13.2. The van der Waals surface area contributed by atoms with Crippen molar-refractivity contribution in [2.45, 2.75) is 13.1 Å². The van der Waals surface area contributed by atoms with Crippen molar-refractivity contribution in [3.05, 3.63) is 62.7 Å². The van der Waals surface area contributed by atoms with Crippen LogP contribution in [-0.2, 0) is 20.1 Å². The number of amides is 1. The van der Waals surface area contributed by atoms with Crippen molar-refractivity contribution in [1.82, 2.24) is 14.7 Å². The fraction of sp³-hybridized carbons (Fsp3) is 0.200. The van der Waals surface area contributed by atoms with Crippen LogP contribution in [0.25, 0.3) is 0 Å². The maximum Gasteiger partial charge on any atom is 0.257 e. The maximum absolute atomic E-state index is 12.7. The third-order valence-corrected chi connectivity index (χ3v) is 4.81. The Balaban J connectivity index is 1.82. The van der Waals surface area contributed by atoms with E-state index in [-0.39, 0.29) is 5.91 Å². The molecule has 1 amide bonds. The number of rotatable bonds is 5. The van der Waals surface area contributed by atoms with Crippen LogP contribution in [0, 0.1) is 0 Å². The molecule has 108 valence electrons. The first-order valence-corrected chi connectivity index (χ1v) is 8.31. The third kappa shape index (κ3) is 3.40. The van der Waals surface area contributed by atoms with Crippen molar-refractivity contribution in [1.29, 1.82) is 0 Å². The van der Waals surface area contributed by atoms with Gasteiger partial charge in [0, 0.05) is 23.0 Å². The van der Waals surface area contributed by atoms with Crippen molar-refractivity contribution in [2.75, 3.05) is 0 Å². The van der Waals surface area contributed by atoms with Gasteiger partial charge in [0.15, 0.2) is 0 Å². The first kappa shape index (κ1) is 14.0. The number of aryl methyl sites for hydroxylation is 1. The van der Waals surface area contributed by atoms with Crippen LogP contribution in [0.1, 0.15) is 20.1 Å². The van der Waals surface area contributed by atoms with E-state index < -0.39 is 0 Å². The number of hydrogen-bond acceptors (Lipinski definition) is 4. The van der Waals surface area contributed by atoms with Gasteiger partial charge in [-0.3, -0.25) is 9.48 Å². The van der Waals surface area contributed by atoms with E-state index >= 15 is 0 Å². The molecule has 0 radical (unpaired) electrons. The van der Waals surface area contributed by atoms with E-state index in [9.17, 15) is 4.79 Å². The lowest BCUT2D eigenvalue weighted by atomic mass is 10.2. The minimum absolute atomic E-state index is 0.0184. The van der Waals surface area contributed by atoms with Gasteiger partial charge in [-0.25, -0.2) is 0 Å². The van der Waals surface area contributed by atoms with Gasteiger partial charge in [-0.05, 0) is 22.9 Å². The predicted molar refractivity (Wildman–Crippen MR) is 85.4 cm³/mol. The Kier molecular flexibility index (Phi) is 4.17. The number of carbonyl (C=O) groups excluding carboxylic acids is 1. The van der Waals surface area contributed by atoms with Crippen molar-refractivity contribution in [2.24, 2.45) is 7.05 Å². The molecule has 0 unspecified atom stereocenters. The minimum atomic E-state index is 0.0184. The van der Waals surface area contributed by atoms with Gasteiger partial charge in [0.05, 0.1) is 24.8 Å². The van der Waals surface area contributed by atoms with Crippen molar-refractivity contribution >= 4 is 28.6 Å². The highest BCUT2D eigenvalue weighted by molar-refractivity contribution is 7.10. The zero-order valence-electron chi connectivity index (χ0n) is 11.6. The molecule has 0 saturated carbocycles. The second-order valence-corrected chi connectivity index (χ2v) is 6.79. The molecule has 0 atom stereocenters. The molecule has 0 aliphatic heterocycles. The van der Waals surface area contributed by atoms with Crippen LogP contribution in [0.3, 0.4) is 0 Å². The summed E-state index contributed by atoms with van der Waals surface area (Å²) in [6.07, 6.45) is 3.39. The average Bonchev–Trinajstić information content (AvgIpc) is 3.19. The normalized spacial score (nSPS) is 10.7. The van der Waals surface area contributed by atoms with Crippen LogP contribution in [0.5, 0.6) is 0 Å². The summed E-state index contributed by atoms with van der Waals surface area (Å²) in [5, 5.41) is 8.16. The maximum atomic E-state index is 12.7. The third-order valence-electron chi connectivity index (χ3n) is 3.09. The summed E-state index contributed by atoms with van der Waals surface area (Å²) in [4.78, 5) is 16.9. The van der Waals surface area contributed by atoms with Crippen LogP contribution in [0.15, 0.2) is 47.4 Å². The molecule has 0 aliphatic carbocycles. The van der Waals surface area contributed by atoms with E-state index in [1.165, 1.54) is 9.75 Å². The molecule has 0 saturated heterocycles. The number of nitrogens with zero attached hydrogens (tertiary/aromatic N) is 3. The van der Waals surface area contributed by atoms with Crippen LogP contribution in [0.2, 0.25) is 0 Å². The van der Waals surface area contributed by atoms with Gasteiger partial charge in [-0.1, -0.05) is 12.1 Å². The highest BCUT2D eigenvalue weighted by Gasteiger charge is 2.18. The second kappa shape index (κ2) is 6.24. The summed E-state index contributed by atoms with van der Waals surface area (Å²) in [6.45, 7) is 1.26. The van der Waals surface area contributed by atoms with Crippen LogP contribution in [-0.4, -0.2) is 20.6 Å². The van der Waals surface area contributed by atoms with Gasteiger partial charge in [0.2, 0.25) is 0 Å². The van der Waals surface area contributed by atoms with E-state index in [0.29, 0.717) is 18.7 Å². The summed E-state index contributed by atoms with van der Waals surface area (Å²) in [6, 6.07) is 8.14. The van der Waals surface area contributed by atoms with E-state index in [2.05, 4.69) is 17.2 Å². The van der Waals surface area contributed by atoms with Crippen LogP contribution < -0.4 is 0 Å². The highest BCUT2D eigenvalue weighted by Crippen LogP contribution is 2.19. The Morgan fingerprint density at radius 2 is 1.81 bits per heavy atom. The monoisotopic (exact) mass is 317 g/mol. The first-order valence-electron chi connectivity index (χ1n) is 6.55. The van der Waals surface area contributed by atoms with E-state index in [0.717, 1.165) is 0 Å². The van der Waals surface area contributed by atoms with Gasteiger partial charge < -0.3 is 4.90 Å². The Bertz CT molecular complexity index is 665. The molecule has 0 aromatic carbocycles. The lowest BCUT2D eigenvalue weighted by Crippen LogP contribution is -2.29. The molecule has 4 nitrogen and oxygen atoms in total. The summed E-state index contributed by atoms with van der Waals surface area (Å²) in [7, 11) is 1.82. The summed E-state index contributed by atoms with van der Waals surface area (Å²) in [5.41, 5.74) is 0.630. The fourth-order valence-corrected chi connectivity index (χ4v) is 3.53. The Labute approximate surface area is 131 Å². The lowest BCUT2D eigenvalue weighted by molar-refractivity contribution is 0.0733. The Hall–Kier alpha value is -1.92. The number of carbonyl (C=O) groups is 1. The number of thiophene rings is 2. The topological polar surface area (TPSA) is 38.1 Å². The molecule has 6 heteroatoms. The van der Waals surface area contributed by atoms with Gasteiger partial charge in [-0.15, -0.1) is 22.7 Å². The Morgan fingerprint density at radius 3 is 2.24 bits per heavy atom. The fourth-order valence-electron chi connectivity index (χ4n) is 2.10. The number of hydrogen-bond donors (Lipinski definition) is 0.